The highest BCUT2D eigenvalue weighted by molar-refractivity contribution is 5.76. The molecule has 0 amide bonds. The van der Waals surface area contributed by atoms with Crippen molar-refractivity contribution in [2.45, 2.75) is 112 Å². The molecule has 5 rings (SSSR count). The standard InChI is InChI=1S/C30H48O5/c1-25(2)11-13-30(24(34)35)14-12-28(5)18(19(30)15-25)7-8-21-26(3)10-9-22(33)27(4,17-31)23(26)20(32)16-29(21,28)6/h7,19-23,31-33H,8-17H2,1-6H3,(H,34,35)/t19?,20-,21?,22+,23-,26-,27-,28-,29-,30+/m1/s1. The van der Waals surface area contributed by atoms with E-state index in [-0.39, 0.29) is 40.1 Å². The normalized spacial score (nSPS) is 55.0. The first-order valence-electron chi connectivity index (χ1n) is 14.0. The van der Waals surface area contributed by atoms with Crippen LogP contribution in [0.3, 0.4) is 0 Å². The SMILES string of the molecule is CC1(C)CC[C@]2(C(=O)O)CC[C@]3(C)C(=CCC4[C@@]5(C)CC[C@H](O)[C@@](C)(CO)[C@@H]5[C@H](O)C[C@]43C)C2C1. The van der Waals surface area contributed by atoms with Crippen molar-refractivity contribution >= 4 is 5.97 Å². The summed E-state index contributed by atoms with van der Waals surface area (Å²) < 4.78 is 0. The number of carboxylic acids is 1. The summed E-state index contributed by atoms with van der Waals surface area (Å²) in [5, 5.41) is 43.6. The number of rotatable bonds is 2. The van der Waals surface area contributed by atoms with Crippen LogP contribution < -0.4 is 0 Å². The van der Waals surface area contributed by atoms with Crippen LogP contribution in [0.2, 0.25) is 0 Å². The summed E-state index contributed by atoms with van der Waals surface area (Å²) in [6, 6.07) is 0. The van der Waals surface area contributed by atoms with E-state index < -0.39 is 29.0 Å². The molecule has 0 aliphatic heterocycles. The van der Waals surface area contributed by atoms with Crippen molar-refractivity contribution in [2.75, 3.05) is 6.61 Å². The van der Waals surface area contributed by atoms with Crippen LogP contribution in [0.5, 0.6) is 0 Å². The number of aliphatic hydroxyl groups excluding tert-OH is 3. The van der Waals surface area contributed by atoms with Gasteiger partial charge in [0.15, 0.2) is 0 Å². The highest BCUT2D eigenvalue weighted by Crippen LogP contribution is 2.75. The fourth-order valence-corrected chi connectivity index (χ4v) is 10.8. The van der Waals surface area contributed by atoms with Gasteiger partial charge in [0.1, 0.15) is 0 Å². The Labute approximate surface area is 211 Å². The minimum Gasteiger partial charge on any atom is -0.481 e. The number of fused-ring (bicyclic) bond motifs is 7. The van der Waals surface area contributed by atoms with Gasteiger partial charge in [0.2, 0.25) is 0 Å². The van der Waals surface area contributed by atoms with E-state index in [0.29, 0.717) is 25.2 Å². The van der Waals surface area contributed by atoms with Crippen LogP contribution in [-0.2, 0) is 4.79 Å². The average Bonchev–Trinajstić information content (AvgIpc) is 2.76. The molecule has 0 bridgehead atoms. The van der Waals surface area contributed by atoms with E-state index in [0.717, 1.165) is 38.5 Å². The van der Waals surface area contributed by atoms with Crippen LogP contribution in [0.15, 0.2) is 11.6 Å². The number of carboxylic acid groups (broad SMARTS) is 1. The van der Waals surface area contributed by atoms with Gasteiger partial charge in [-0.2, -0.15) is 0 Å². The molecule has 0 saturated heterocycles. The molecular weight excluding hydrogens is 440 g/mol. The summed E-state index contributed by atoms with van der Waals surface area (Å²) in [4.78, 5) is 12.8. The third-order valence-corrected chi connectivity index (χ3v) is 13.1. The smallest absolute Gasteiger partial charge is 0.310 e. The third-order valence-electron chi connectivity index (χ3n) is 13.1. The lowest BCUT2D eigenvalue weighted by molar-refractivity contribution is -0.252. The van der Waals surface area contributed by atoms with E-state index in [1.165, 1.54) is 5.57 Å². The largest absolute Gasteiger partial charge is 0.481 e. The maximum Gasteiger partial charge on any atom is 0.310 e. The fraction of sp³-hybridized carbons (Fsp3) is 0.900. The molecular formula is C30H48O5. The van der Waals surface area contributed by atoms with E-state index in [2.05, 4.69) is 40.7 Å². The zero-order chi connectivity index (χ0) is 25.8. The van der Waals surface area contributed by atoms with E-state index in [1.54, 1.807) is 0 Å². The summed E-state index contributed by atoms with van der Waals surface area (Å²) in [6.45, 7) is 13.5. The molecule has 5 aliphatic rings. The molecule has 0 radical (unpaired) electrons. The van der Waals surface area contributed by atoms with Crippen molar-refractivity contribution in [1.29, 1.82) is 0 Å². The molecule has 10 atom stereocenters. The van der Waals surface area contributed by atoms with Gasteiger partial charge in [-0.05, 0) is 91.3 Å². The number of hydrogen-bond donors (Lipinski definition) is 4. The second kappa shape index (κ2) is 7.57. The predicted octanol–water partition coefficient (Wildman–Crippen LogP) is 5.18. The molecule has 5 aliphatic carbocycles. The van der Waals surface area contributed by atoms with Crippen LogP contribution in [-0.4, -0.2) is 45.2 Å². The minimum atomic E-state index is -0.711. The molecule has 5 heteroatoms. The zero-order valence-electron chi connectivity index (χ0n) is 22.7. The fourth-order valence-electron chi connectivity index (χ4n) is 10.8. The quantitative estimate of drug-likeness (QED) is 0.402. The van der Waals surface area contributed by atoms with Gasteiger partial charge in [-0.1, -0.05) is 53.2 Å². The zero-order valence-corrected chi connectivity index (χ0v) is 22.7. The number of allylic oxidation sites excluding steroid dienone is 2. The first-order chi connectivity index (χ1) is 16.1. The van der Waals surface area contributed by atoms with Gasteiger partial charge < -0.3 is 20.4 Å². The first kappa shape index (κ1) is 25.7. The molecule has 35 heavy (non-hydrogen) atoms. The van der Waals surface area contributed by atoms with Gasteiger partial charge in [0.05, 0.1) is 24.2 Å². The van der Waals surface area contributed by atoms with E-state index in [1.807, 2.05) is 6.92 Å². The van der Waals surface area contributed by atoms with Crippen molar-refractivity contribution in [1.82, 2.24) is 0 Å². The molecule has 4 fully saturated rings. The van der Waals surface area contributed by atoms with Gasteiger partial charge in [0, 0.05) is 11.3 Å². The van der Waals surface area contributed by atoms with E-state index >= 15 is 0 Å². The lowest BCUT2D eigenvalue weighted by atomic mass is 9.33. The Morgan fingerprint density at radius 1 is 0.971 bits per heavy atom. The lowest BCUT2D eigenvalue weighted by Gasteiger charge is -2.72. The second-order valence-electron chi connectivity index (χ2n) is 15.1. The maximum absolute atomic E-state index is 12.8. The summed E-state index contributed by atoms with van der Waals surface area (Å²) in [6.07, 6.45) is 8.44. The van der Waals surface area contributed by atoms with E-state index in [4.69, 9.17) is 0 Å². The highest BCUT2D eigenvalue weighted by Gasteiger charge is 2.71. The van der Waals surface area contributed by atoms with Gasteiger partial charge in [-0.3, -0.25) is 4.79 Å². The van der Waals surface area contributed by atoms with Crippen LogP contribution >= 0.6 is 0 Å². The number of aliphatic hydroxyl groups is 3. The second-order valence-corrected chi connectivity index (χ2v) is 15.1. The molecule has 4 saturated carbocycles. The Morgan fingerprint density at radius 3 is 2.26 bits per heavy atom. The Morgan fingerprint density at radius 2 is 1.63 bits per heavy atom. The molecule has 198 valence electrons. The van der Waals surface area contributed by atoms with Gasteiger partial charge in [0.25, 0.3) is 0 Å². The highest BCUT2D eigenvalue weighted by atomic mass is 16.4. The van der Waals surface area contributed by atoms with Crippen molar-refractivity contribution in [2.24, 2.45) is 50.2 Å². The molecule has 0 aromatic heterocycles. The maximum atomic E-state index is 12.8. The molecule has 0 spiro atoms. The van der Waals surface area contributed by atoms with Crippen molar-refractivity contribution < 1.29 is 25.2 Å². The topological polar surface area (TPSA) is 98.0 Å². The van der Waals surface area contributed by atoms with Gasteiger partial charge >= 0.3 is 5.97 Å². The van der Waals surface area contributed by atoms with Gasteiger partial charge in [-0.15, -0.1) is 0 Å². The molecule has 0 heterocycles. The Hall–Kier alpha value is -0.910. The first-order valence-corrected chi connectivity index (χ1v) is 14.0. The lowest BCUT2D eigenvalue weighted by Crippen LogP contribution is -2.69. The third kappa shape index (κ3) is 3.07. The van der Waals surface area contributed by atoms with Crippen LogP contribution in [0.4, 0.5) is 0 Å². The molecule has 0 aromatic carbocycles. The van der Waals surface area contributed by atoms with Crippen LogP contribution in [0, 0.1) is 50.2 Å². The molecule has 2 unspecified atom stereocenters. The van der Waals surface area contributed by atoms with E-state index in [9.17, 15) is 25.2 Å². The van der Waals surface area contributed by atoms with Crippen molar-refractivity contribution in [3.63, 3.8) is 0 Å². The monoisotopic (exact) mass is 488 g/mol. The van der Waals surface area contributed by atoms with Gasteiger partial charge in [-0.25, -0.2) is 0 Å². The predicted molar refractivity (Wildman–Crippen MR) is 135 cm³/mol. The van der Waals surface area contributed by atoms with Crippen molar-refractivity contribution in [3.8, 4) is 0 Å². The summed E-state index contributed by atoms with van der Waals surface area (Å²) in [5.74, 6) is -0.400. The molecule has 5 nitrogen and oxygen atoms in total. The minimum absolute atomic E-state index is 0.0545. The number of aliphatic carboxylic acids is 1. The number of carbonyl (C=O) groups is 1. The summed E-state index contributed by atoms with van der Waals surface area (Å²) >= 11 is 0. The van der Waals surface area contributed by atoms with Crippen LogP contribution in [0.25, 0.3) is 0 Å². The Bertz CT molecular complexity index is 941. The molecule has 4 N–H and O–H groups in total. The summed E-state index contributed by atoms with van der Waals surface area (Å²) in [7, 11) is 0. The Balaban J connectivity index is 1.63. The number of hydrogen-bond acceptors (Lipinski definition) is 4. The summed E-state index contributed by atoms with van der Waals surface area (Å²) in [5.41, 5.74) is -0.397. The van der Waals surface area contributed by atoms with Crippen LogP contribution in [0.1, 0.15) is 99.3 Å². The Kier molecular flexibility index (Phi) is 5.56. The molecule has 0 aromatic rings. The van der Waals surface area contributed by atoms with Crippen molar-refractivity contribution in [3.05, 3.63) is 11.6 Å². The average molecular weight is 489 g/mol.